The van der Waals surface area contributed by atoms with Crippen LogP contribution in [0.1, 0.15) is 205 Å². The van der Waals surface area contributed by atoms with Crippen molar-refractivity contribution in [3.8, 4) is 0 Å². The molecule has 0 aliphatic rings. The molecule has 0 fully saturated rings. The van der Waals surface area contributed by atoms with Gasteiger partial charge in [-0.25, -0.2) is 0 Å². The first kappa shape index (κ1) is 67.5. The topological polar surface area (TPSA) is 105 Å². The molecule has 0 heterocycles. The predicted octanol–water partition coefficient (Wildman–Crippen LogP) is 11.9. The molecule has 0 aromatic heterocycles. The Balaban J connectivity index is 0. The molecule has 0 aliphatic carbocycles. The molecule has 0 aliphatic heterocycles. The summed E-state index contributed by atoms with van der Waals surface area (Å²) >= 11 is 0. The van der Waals surface area contributed by atoms with Gasteiger partial charge in [0.2, 0.25) is 5.91 Å². The van der Waals surface area contributed by atoms with Crippen molar-refractivity contribution in [2.75, 3.05) is 116 Å². The zero-order valence-electron chi connectivity index (χ0n) is 46.6. The van der Waals surface area contributed by atoms with Crippen LogP contribution in [0.4, 0.5) is 0 Å². The third-order valence-electron chi connectivity index (χ3n) is 11.9. The number of allylic oxidation sites excluding steroid dienone is 4. The van der Waals surface area contributed by atoms with Gasteiger partial charge in [-0.1, -0.05) is 101 Å². The monoisotopic (exact) mass is 964 g/mol. The molecule has 0 atom stereocenters. The number of carbonyl (C=O) groups is 4. The molecule has 0 spiro atoms. The molecule has 0 radical (unpaired) electrons. The average Bonchev–Trinajstić information content (AvgIpc) is 3.25. The Morgan fingerprint density at radius 3 is 1.07 bits per heavy atom. The second kappa shape index (κ2) is 48.0. The number of ketones is 1. The van der Waals surface area contributed by atoms with Gasteiger partial charge in [0.05, 0.1) is 42.3 Å². The Morgan fingerprint density at radius 2 is 0.706 bits per heavy atom. The van der Waals surface area contributed by atoms with E-state index in [2.05, 4.69) is 110 Å². The van der Waals surface area contributed by atoms with Crippen molar-refractivity contribution in [2.45, 2.75) is 205 Å². The molecule has 11 heteroatoms. The number of amides is 1. The first-order chi connectivity index (χ1) is 32.4. The Morgan fingerprint density at radius 1 is 0.397 bits per heavy atom. The SMILES string of the molecule is CN(C)CCCCC(=O)CCCCCCC/C=C/CCCCCCCC(=O)NCCCN(C)C.C[N+](C)(C)CCOC(=O)CCCCCCC/C=C/CCCCCCCC(=O)OCC[N+](C)(C)C. The summed E-state index contributed by atoms with van der Waals surface area (Å²) in [5.74, 6) is 0.564. The van der Waals surface area contributed by atoms with Gasteiger partial charge in [0.1, 0.15) is 32.1 Å². The molecule has 0 unspecified atom stereocenters. The number of hydrogen-bond donors (Lipinski definition) is 1. The average molecular weight is 965 g/mol. The van der Waals surface area contributed by atoms with E-state index in [1.807, 2.05) is 0 Å². The molecule has 68 heavy (non-hydrogen) atoms. The van der Waals surface area contributed by atoms with Crippen molar-refractivity contribution in [1.82, 2.24) is 15.1 Å². The number of ether oxygens (including phenoxy) is 2. The maximum Gasteiger partial charge on any atom is 0.305 e. The largest absolute Gasteiger partial charge is 0.460 e. The van der Waals surface area contributed by atoms with E-state index < -0.39 is 0 Å². The maximum absolute atomic E-state index is 11.9. The summed E-state index contributed by atoms with van der Waals surface area (Å²) in [7, 11) is 20.9. The Labute approximate surface area is 421 Å². The predicted molar refractivity (Wildman–Crippen MR) is 289 cm³/mol. The second-order valence-electron chi connectivity index (χ2n) is 21.9. The van der Waals surface area contributed by atoms with Crippen molar-refractivity contribution >= 4 is 23.6 Å². The number of nitrogens with one attached hydrogen (secondary N) is 1. The molecule has 0 aromatic carbocycles. The van der Waals surface area contributed by atoms with E-state index in [-0.39, 0.29) is 17.8 Å². The third-order valence-corrected chi connectivity index (χ3v) is 11.9. The fourth-order valence-corrected chi connectivity index (χ4v) is 7.39. The molecular weight excluding hydrogens is 851 g/mol. The lowest BCUT2D eigenvalue weighted by atomic mass is 10.0. The maximum atomic E-state index is 11.9. The Bertz CT molecular complexity index is 1150. The van der Waals surface area contributed by atoms with E-state index in [4.69, 9.17) is 9.47 Å². The van der Waals surface area contributed by atoms with Gasteiger partial charge in [-0.15, -0.1) is 0 Å². The zero-order chi connectivity index (χ0) is 51.0. The first-order valence-electron chi connectivity index (χ1n) is 27.7. The fraction of sp³-hybridized carbons (Fsp3) is 0.860. The van der Waals surface area contributed by atoms with Crippen molar-refractivity contribution < 1.29 is 37.6 Å². The van der Waals surface area contributed by atoms with Gasteiger partial charge >= 0.3 is 11.9 Å². The van der Waals surface area contributed by atoms with Gasteiger partial charge in [0, 0.05) is 38.6 Å². The van der Waals surface area contributed by atoms with Crippen LogP contribution in [0.3, 0.4) is 0 Å². The number of nitrogens with zero attached hydrogens (tertiary/aromatic N) is 4. The van der Waals surface area contributed by atoms with Gasteiger partial charge in [0.25, 0.3) is 0 Å². The number of unbranched alkanes of at least 4 members (excludes halogenated alkanes) is 21. The molecule has 0 saturated heterocycles. The van der Waals surface area contributed by atoms with Crippen LogP contribution in [-0.2, 0) is 28.7 Å². The van der Waals surface area contributed by atoms with Crippen molar-refractivity contribution in [1.29, 1.82) is 0 Å². The van der Waals surface area contributed by atoms with Crippen molar-refractivity contribution in [2.24, 2.45) is 0 Å². The lowest BCUT2D eigenvalue weighted by molar-refractivity contribution is -0.870. The number of quaternary nitrogens is 2. The summed E-state index contributed by atoms with van der Waals surface area (Å²) in [4.78, 5) is 51.3. The summed E-state index contributed by atoms with van der Waals surface area (Å²) < 4.78 is 12.2. The molecule has 0 rings (SSSR count). The molecular formula is C57H113N5O6+2. The molecule has 11 nitrogen and oxygen atoms in total. The fourth-order valence-electron chi connectivity index (χ4n) is 7.39. The third kappa shape index (κ3) is 61.4. The summed E-state index contributed by atoms with van der Waals surface area (Å²) in [6.45, 7) is 5.65. The van der Waals surface area contributed by atoms with Crippen LogP contribution >= 0.6 is 0 Å². The van der Waals surface area contributed by atoms with Gasteiger partial charge in [-0.05, 0) is 138 Å². The highest BCUT2D eigenvalue weighted by Gasteiger charge is 2.11. The number of hydrogen-bond acceptors (Lipinski definition) is 8. The Kier molecular flexibility index (Phi) is 47.7. The smallest absolute Gasteiger partial charge is 0.305 e. The van der Waals surface area contributed by atoms with Crippen LogP contribution in [0.15, 0.2) is 24.3 Å². The number of carbonyl (C=O) groups excluding carboxylic acids is 4. The van der Waals surface area contributed by atoms with Crippen LogP contribution < -0.4 is 5.32 Å². The minimum atomic E-state index is -0.0510. The normalized spacial score (nSPS) is 12.0. The lowest BCUT2D eigenvalue weighted by Gasteiger charge is -2.23. The molecule has 0 aromatic rings. The highest BCUT2D eigenvalue weighted by molar-refractivity contribution is 5.78. The van der Waals surface area contributed by atoms with E-state index in [1.165, 1.54) is 96.3 Å². The number of esters is 2. The summed E-state index contributed by atoms with van der Waals surface area (Å²) in [5, 5.41) is 3.01. The molecule has 1 N–H and O–H groups in total. The van der Waals surface area contributed by atoms with Gasteiger partial charge in [-0.3, -0.25) is 19.2 Å². The van der Waals surface area contributed by atoms with Crippen LogP contribution in [0.25, 0.3) is 0 Å². The van der Waals surface area contributed by atoms with E-state index in [1.54, 1.807) is 0 Å². The summed E-state index contributed by atoms with van der Waals surface area (Å²) in [6, 6.07) is 0. The minimum absolute atomic E-state index is 0.0510. The van der Waals surface area contributed by atoms with Crippen LogP contribution in [-0.4, -0.2) is 159 Å². The van der Waals surface area contributed by atoms with Crippen molar-refractivity contribution in [3.63, 3.8) is 0 Å². The van der Waals surface area contributed by atoms with E-state index in [0.29, 0.717) is 38.3 Å². The number of rotatable bonds is 47. The van der Waals surface area contributed by atoms with E-state index in [9.17, 15) is 19.2 Å². The van der Waals surface area contributed by atoms with E-state index >= 15 is 0 Å². The quantitative estimate of drug-likeness (QED) is 0.0278. The van der Waals surface area contributed by atoms with Crippen molar-refractivity contribution in [3.05, 3.63) is 24.3 Å². The van der Waals surface area contributed by atoms with Gasteiger partial charge < -0.3 is 33.6 Å². The molecule has 0 saturated carbocycles. The molecule has 400 valence electrons. The Hall–Kier alpha value is -2.60. The second-order valence-corrected chi connectivity index (χ2v) is 21.9. The van der Waals surface area contributed by atoms with Crippen LogP contribution in [0, 0.1) is 0 Å². The number of likely N-dealkylation sites (N-methyl/N-ethyl adjacent to an activating group) is 2. The number of Topliss-reactive ketones (excluding diaryl/α,β-unsaturated/α-hetero) is 1. The van der Waals surface area contributed by atoms with Crippen LogP contribution in [0.5, 0.6) is 0 Å². The molecule has 0 bridgehead atoms. The lowest BCUT2D eigenvalue weighted by Crippen LogP contribution is -2.38. The standard InChI is InChI=1S/C29H57N3O2.C28H56N2O4/c1-31(2)26-20-19-23-28(33)22-17-15-13-11-9-7-5-6-8-10-12-14-16-18-24-29(34)30-25-21-27-32(3)4;1-29(2,3)23-25-33-27(31)21-19-17-15-13-11-9-7-8-10-12-14-16-18-20-22-28(32)34-26-24-30(4,5)6/h5-6H,7-27H2,1-4H3,(H,30,34);7-8H,9-26H2,1-6H3/q;+2/b6-5+;8-7+. The van der Waals surface area contributed by atoms with Crippen LogP contribution in [0.2, 0.25) is 0 Å². The highest BCUT2D eigenvalue weighted by atomic mass is 16.5. The highest BCUT2D eigenvalue weighted by Crippen LogP contribution is 2.13. The zero-order valence-corrected chi connectivity index (χ0v) is 46.6. The molecule has 1 amide bonds. The first-order valence-corrected chi connectivity index (χ1v) is 27.7. The minimum Gasteiger partial charge on any atom is -0.460 e. The van der Waals surface area contributed by atoms with E-state index in [0.717, 1.165) is 132 Å². The summed E-state index contributed by atoms with van der Waals surface area (Å²) in [6.07, 6.45) is 44.0. The van der Waals surface area contributed by atoms with Gasteiger partial charge in [-0.2, -0.15) is 0 Å². The summed E-state index contributed by atoms with van der Waals surface area (Å²) in [5.41, 5.74) is 0. The van der Waals surface area contributed by atoms with Gasteiger partial charge in [0.15, 0.2) is 0 Å².